The van der Waals surface area contributed by atoms with Gasteiger partial charge < -0.3 is 4.74 Å². The number of ether oxygens (including phenoxy) is 1. The fraction of sp³-hybridized carbons (Fsp3) is 0.125. The van der Waals surface area contributed by atoms with Gasteiger partial charge in [0.1, 0.15) is 6.07 Å². The number of aromatic nitrogens is 1. The summed E-state index contributed by atoms with van der Waals surface area (Å²) in [6.45, 7) is 0. The van der Waals surface area contributed by atoms with Crippen molar-refractivity contribution in [3.05, 3.63) is 23.9 Å². The van der Waals surface area contributed by atoms with Crippen LogP contribution >= 0.6 is 0 Å². The van der Waals surface area contributed by atoms with Crippen LogP contribution in [0.15, 0.2) is 18.3 Å². The van der Waals surface area contributed by atoms with Crippen LogP contribution in [0.5, 0.6) is 0 Å². The Labute approximate surface area is 75.0 Å². The number of nitrogens with zero attached hydrogens (tertiary/aromatic N) is 2. The number of anilines is 1. The molecule has 0 saturated heterocycles. The fourth-order valence-corrected chi connectivity index (χ4v) is 0.743. The lowest BCUT2D eigenvalue weighted by Gasteiger charge is -2.02. The zero-order chi connectivity index (χ0) is 9.68. The zero-order valence-corrected chi connectivity index (χ0v) is 6.94. The molecule has 13 heavy (non-hydrogen) atoms. The van der Waals surface area contributed by atoms with Gasteiger partial charge in [-0.1, -0.05) is 0 Å². The Bertz CT molecular complexity index is 357. The molecule has 0 atom stereocenters. The van der Waals surface area contributed by atoms with Gasteiger partial charge in [0.25, 0.3) is 0 Å². The Kier molecular flexibility index (Phi) is 2.82. The summed E-state index contributed by atoms with van der Waals surface area (Å²) in [6.07, 6.45) is 0.835. The number of nitriles is 1. The third kappa shape index (κ3) is 2.17. The van der Waals surface area contributed by atoms with Crippen molar-refractivity contribution < 1.29 is 9.53 Å². The fourth-order valence-electron chi connectivity index (χ4n) is 0.743. The monoisotopic (exact) mass is 177 g/mol. The number of carbonyl (C=O) groups excluding carboxylic acids is 1. The highest BCUT2D eigenvalue weighted by Gasteiger charge is 2.05. The van der Waals surface area contributed by atoms with Gasteiger partial charge in [-0.05, 0) is 12.1 Å². The summed E-state index contributed by atoms with van der Waals surface area (Å²) in [5, 5.41) is 10.9. The summed E-state index contributed by atoms with van der Waals surface area (Å²) in [7, 11) is 1.24. The van der Waals surface area contributed by atoms with E-state index < -0.39 is 6.09 Å². The van der Waals surface area contributed by atoms with E-state index in [4.69, 9.17) is 5.26 Å². The lowest BCUT2D eigenvalue weighted by molar-refractivity contribution is 0.187. The standard InChI is InChI=1S/C8H7N3O2/c1-13-8(12)11-7-6(5-9)3-2-4-10-7/h2-4H,1H3,(H,10,11,12). The van der Waals surface area contributed by atoms with Crippen molar-refractivity contribution in [2.24, 2.45) is 0 Å². The molecule has 0 bridgehead atoms. The van der Waals surface area contributed by atoms with Gasteiger partial charge >= 0.3 is 6.09 Å². The first-order valence-corrected chi connectivity index (χ1v) is 3.48. The van der Waals surface area contributed by atoms with E-state index in [1.54, 1.807) is 12.1 Å². The summed E-state index contributed by atoms with van der Waals surface area (Å²) < 4.78 is 4.35. The Balaban J connectivity index is 2.89. The molecule has 0 aliphatic carbocycles. The molecule has 5 heteroatoms. The molecule has 1 heterocycles. The van der Waals surface area contributed by atoms with E-state index >= 15 is 0 Å². The molecule has 1 rings (SSSR count). The molecule has 0 aromatic carbocycles. The minimum Gasteiger partial charge on any atom is -0.453 e. The van der Waals surface area contributed by atoms with Crippen LogP contribution in [0.1, 0.15) is 5.56 Å². The van der Waals surface area contributed by atoms with Crippen LogP contribution in [-0.2, 0) is 4.74 Å². The van der Waals surface area contributed by atoms with Crippen molar-refractivity contribution >= 4 is 11.9 Å². The van der Waals surface area contributed by atoms with E-state index in [0.29, 0.717) is 5.56 Å². The average molecular weight is 177 g/mol. The van der Waals surface area contributed by atoms with E-state index in [0.717, 1.165) is 0 Å². The summed E-state index contributed by atoms with van der Waals surface area (Å²) >= 11 is 0. The van der Waals surface area contributed by atoms with Crippen LogP contribution in [0.2, 0.25) is 0 Å². The Morgan fingerprint density at radius 3 is 3.15 bits per heavy atom. The van der Waals surface area contributed by atoms with Gasteiger partial charge in [0.05, 0.1) is 12.7 Å². The number of hydrogen-bond acceptors (Lipinski definition) is 4. The topological polar surface area (TPSA) is 75.0 Å². The lowest BCUT2D eigenvalue weighted by Crippen LogP contribution is -2.13. The van der Waals surface area contributed by atoms with Crippen LogP contribution in [0.25, 0.3) is 0 Å². The number of methoxy groups -OCH3 is 1. The minimum atomic E-state index is -0.643. The van der Waals surface area contributed by atoms with Crippen molar-refractivity contribution in [1.82, 2.24) is 4.98 Å². The van der Waals surface area contributed by atoms with Crippen molar-refractivity contribution in [3.8, 4) is 6.07 Å². The number of rotatable bonds is 1. The second-order valence-corrected chi connectivity index (χ2v) is 2.13. The molecule has 1 aromatic rings. The number of pyridine rings is 1. The second-order valence-electron chi connectivity index (χ2n) is 2.13. The van der Waals surface area contributed by atoms with Crippen molar-refractivity contribution in [2.75, 3.05) is 12.4 Å². The Morgan fingerprint density at radius 2 is 2.54 bits per heavy atom. The number of hydrogen-bond donors (Lipinski definition) is 1. The van der Waals surface area contributed by atoms with Gasteiger partial charge in [-0.15, -0.1) is 0 Å². The van der Waals surface area contributed by atoms with Gasteiger partial charge in [0.2, 0.25) is 0 Å². The molecule has 1 amide bonds. The highest BCUT2D eigenvalue weighted by molar-refractivity contribution is 5.84. The third-order valence-electron chi connectivity index (χ3n) is 1.33. The molecular weight excluding hydrogens is 170 g/mol. The largest absolute Gasteiger partial charge is 0.453 e. The smallest absolute Gasteiger partial charge is 0.412 e. The van der Waals surface area contributed by atoms with Gasteiger partial charge in [-0.2, -0.15) is 5.26 Å². The quantitative estimate of drug-likeness (QED) is 0.697. The summed E-state index contributed by atoms with van der Waals surface area (Å²) in [4.78, 5) is 14.6. The van der Waals surface area contributed by atoms with E-state index in [2.05, 4.69) is 15.0 Å². The maximum Gasteiger partial charge on any atom is 0.412 e. The molecule has 1 aromatic heterocycles. The summed E-state index contributed by atoms with van der Waals surface area (Å²) in [5.74, 6) is 0.205. The number of carbonyl (C=O) groups is 1. The molecule has 0 aliphatic heterocycles. The molecule has 0 unspecified atom stereocenters. The summed E-state index contributed by atoms with van der Waals surface area (Å²) in [6, 6.07) is 5.06. The first-order chi connectivity index (χ1) is 6.27. The second kappa shape index (κ2) is 4.07. The van der Waals surface area contributed by atoms with Crippen LogP contribution in [0.3, 0.4) is 0 Å². The van der Waals surface area contributed by atoms with E-state index in [1.807, 2.05) is 6.07 Å². The highest BCUT2D eigenvalue weighted by atomic mass is 16.5. The van der Waals surface area contributed by atoms with E-state index in [-0.39, 0.29) is 5.82 Å². The minimum absolute atomic E-state index is 0.205. The molecule has 0 fully saturated rings. The van der Waals surface area contributed by atoms with Crippen LogP contribution in [-0.4, -0.2) is 18.2 Å². The Hall–Kier alpha value is -2.09. The molecule has 0 radical (unpaired) electrons. The van der Waals surface area contributed by atoms with Gasteiger partial charge in [0.15, 0.2) is 5.82 Å². The van der Waals surface area contributed by atoms with Crippen LogP contribution in [0, 0.1) is 11.3 Å². The zero-order valence-electron chi connectivity index (χ0n) is 6.94. The van der Waals surface area contributed by atoms with E-state index in [9.17, 15) is 4.79 Å². The molecule has 0 aliphatic rings. The highest BCUT2D eigenvalue weighted by Crippen LogP contribution is 2.09. The van der Waals surface area contributed by atoms with Crippen LogP contribution in [0.4, 0.5) is 10.6 Å². The number of amides is 1. The lowest BCUT2D eigenvalue weighted by atomic mass is 10.3. The number of nitrogens with one attached hydrogen (secondary N) is 1. The van der Waals surface area contributed by atoms with Crippen LogP contribution < -0.4 is 5.32 Å². The van der Waals surface area contributed by atoms with Crippen molar-refractivity contribution in [1.29, 1.82) is 5.26 Å². The normalized spacial score (nSPS) is 8.62. The molecule has 66 valence electrons. The SMILES string of the molecule is COC(=O)Nc1ncccc1C#N. The molecule has 1 N–H and O–H groups in total. The van der Waals surface area contributed by atoms with Gasteiger partial charge in [-0.25, -0.2) is 9.78 Å². The van der Waals surface area contributed by atoms with Crippen molar-refractivity contribution in [2.45, 2.75) is 0 Å². The van der Waals surface area contributed by atoms with Gasteiger partial charge in [-0.3, -0.25) is 5.32 Å². The van der Waals surface area contributed by atoms with Crippen molar-refractivity contribution in [3.63, 3.8) is 0 Å². The predicted molar refractivity (Wildman–Crippen MR) is 45.0 cm³/mol. The maximum absolute atomic E-state index is 10.8. The first kappa shape index (κ1) is 9.00. The summed E-state index contributed by atoms with van der Waals surface area (Å²) in [5.41, 5.74) is 0.299. The Morgan fingerprint density at radius 1 is 1.77 bits per heavy atom. The molecule has 5 nitrogen and oxygen atoms in total. The van der Waals surface area contributed by atoms with E-state index in [1.165, 1.54) is 13.3 Å². The molecular formula is C8H7N3O2. The third-order valence-corrected chi connectivity index (χ3v) is 1.33. The average Bonchev–Trinajstić information content (AvgIpc) is 2.18. The first-order valence-electron chi connectivity index (χ1n) is 3.48. The maximum atomic E-state index is 10.8. The predicted octanol–water partition coefficient (Wildman–Crippen LogP) is 1.13. The molecule has 0 saturated carbocycles. The molecule has 0 spiro atoms. The van der Waals surface area contributed by atoms with Gasteiger partial charge in [0, 0.05) is 6.20 Å².